The predicted octanol–water partition coefficient (Wildman–Crippen LogP) is 2.53. The van der Waals surface area contributed by atoms with Gasteiger partial charge in [-0.25, -0.2) is 0 Å². The molecule has 1 atom stereocenters. The van der Waals surface area contributed by atoms with Crippen LogP contribution in [-0.2, 0) is 11.2 Å². The smallest absolute Gasteiger partial charge is 0.123 e. The first kappa shape index (κ1) is 13.4. The Bertz CT molecular complexity index is 348. The molecule has 1 aliphatic rings. The van der Waals surface area contributed by atoms with Crippen LogP contribution in [0.2, 0.25) is 0 Å². The van der Waals surface area contributed by atoms with Gasteiger partial charge in [0.15, 0.2) is 0 Å². The van der Waals surface area contributed by atoms with Crippen molar-refractivity contribution in [1.29, 1.82) is 0 Å². The van der Waals surface area contributed by atoms with Gasteiger partial charge in [-0.15, -0.1) is 0 Å². The van der Waals surface area contributed by atoms with Gasteiger partial charge in [-0.1, -0.05) is 18.2 Å². The van der Waals surface area contributed by atoms with Crippen molar-refractivity contribution in [2.24, 2.45) is 5.73 Å². The van der Waals surface area contributed by atoms with Gasteiger partial charge >= 0.3 is 0 Å². The Kier molecular flexibility index (Phi) is 5.49. The summed E-state index contributed by atoms with van der Waals surface area (Å²) < 4.78 is 11.5. The number of nitrogens with two attached hydrogens (primary N) is 1. The van der Waals surface area contributed by atoms with Crippen LogP contribution in [0.15, 0.2) is 24.3 Å². The van der Waals surface area contributed by atoms with Crippen molar-refractivity contribution in [1.82, 2.24) is 0 Å². The number of para-hydroxylation sites is 1. The fraction of sp³-hybridized carbons (Fsp3) is 0.600. The van der Waals surface area contributed by atoms with Gasteiger partial charge in [0.2, 0.25) is 0 Å². The molecular formula is C15H23NO2. The van der Waals surface area contributed by atoms with Crippen molar-refractivity contribution >= 4 is 0 Å². The van der Waals surface area contributed by atoms with Crippen molar-refractivity contribution in [3.8, 4) is 5.75 Å². The minimum Gasteiger partial charge on any atom is -0.488 e. The Morgan fingerprint density at radius 2 is 2.17 bits per heavy atom. The number of aryl methyl sites for hydroxylation is 1. The van der Waals surface area contributed by atoms with E-state index in [-0.39, 0.29) is 6.10 Å². The van der Waals surface area contributed by atoms with Gasteiger partial charge in [-0.2, -0.15) is 0 Å². The van der Waals surface area contributed by atoms with Crippen molar-refractivity contribution in [2.45, 2.75) is 38.2 Å². The molecule has 1 aromatic rings. The van der Waals surface area contributed by atoms with Crippen molar-refractivity contribution < 1.29 is 9.47 Å². The highest BCUT2D eigenvalue weighted by molar-refractivity contribution is 5.33. The summed E-state index contributed by atoms with van der Waals surface area (Å²) >= 11 is 0. The topological polar surface area (TPSA) is 44.5 Å². The van der Waals surface area contributed by atoms with Crippen LogP contribution in [0, 0.1) is 0 Å². The van der Waals surface area contributed by atoms with Gasteiger partial charge in [0.05, 0.1) is 6.61 Å². The van der Waals surface area contributed by atoms with Crippen LogP contribution >= 0.6 is 0 Å². The maximum absolute atomic E-state index is 6.06. The minimum absolute atomic E-state index is 0.217. The van der Waals surface area contributed by atoms with Gasteiger partial charge < -0.3 is 15.2 Å². The zero-order valence-electron chi connectivity index (χ0n) is 10.9. The second-order valence-corrected chi connectivity index (χ2v) is 4.81. The van der Waals surface area contributed by atoms with E-state index in [2.05, 4.69) is 18.2 Å². The third-order valence-corrected chi connectivity index (χ3v) is 3.29. The Hall–Kier alpha value is -1.06. The molecular weight excluding hydrogens is 226 g/mol. The first-order valence-electron chi connectivity index (χ1n) is 6.92. The minimum atomic E-state index is 0.217. The highest BCUT2D eigenvalue weighted by Gasteiger charge is 2.16. The molecule has 3 heteroatoms. The molecule has 100 valence electrons. The Morgan fingerprint density at radius 1 is 1.28 bits per heavy atom. The monoisotopic (exact) mass is 249 g/mol. The lowest BCUT2D eigenvalue weighted by atomic mass is 10.1. The maximum atomic E-state index is 6.06. The van der Waals surface area contributed by atoms with Gasteiger partial charge in [0, 0.05) is 6.61 Å². The fourth-order valence-electron chi connectivity index (χ4n) is 2.27. The highest BCUT2D eigenvalue weighted by atomic mass is 16.5. The van der Waals surface area contributed by atoms with Crippen LogP contribution in [0.3, 0.4) is 0 Å². The number of unbranched alkanes of at least 4 members (excludes halogenated alkanes) is 1. The van der Waals surface area contributed by atoms with E-state index in [1.807, 2.05) is 6.07 Å². The average Bonchev–Trinajstić information content (AvgIpc) is 2.42. The highest BCUT2D eigenvalue weighted by Crippen LogP contribution is 2.23. The number of ether oxygens (including phenoxy) is 2. The largest absolute Gasteiger partial charge is 0.488 e. The van der Waals surface area contributed by atoms with Crippen molar-refractivity contribution in [3.63, 3.8) is 0 Å². The first-order valence-corrected chi connectivity index (χ1v) is 6.92. The van der Waals surface area contributed by atoms with E-state index in [0.29, 0.717) is 0 Å². The third kappa shape index (κ3) is 4.00. The van der Waals surface area contributed by atoms with E-state index in [9.17, 15) is 0 Å². The first-order chi connectivity index (χ1) is 8.90. The van der Waals surface area contributed by atoms with E-state index in [1.54, 1.807) is 0 Å². The molecule has 1 saturated heterocycles. The Labute approximate surface area is 109 Å². The van der Waals surface area contributed by atoms with Crippen molar-refractivity contribution in [2.75, 3.05) is 19.8 Å². The van der Waals surface area contributed by atoms with E-state index in [1.165, 1.54) is 5.56 Å². The maximum Gasteiger partial charge on any atom is 0.123 e. The van der Waals surface area contributed by atoms with Gasteiger partial charge in [0.25, 0.3) is 0 Å². The van der Waals surface area contributed by atoms with Crippen LogP contribution in [0.25, 0.3) is 0 Å². The zero-order chi connectivity index (χ0) is 12.6. The van der Waals surface area contributed by atoms with E-state index < -0.39 is 0 Å². The summed E-state index contributed by atoms with van der Waals surface area (Å²) in [6.07, 6.45) is 5.64. The summed E-state index contributed by atoms with van der Waals surface area (Å²) in [5.74, 6) is 1.02. The molecule has 0 aromatic heterocycles. The molecule has 0 aliphatic carbocycles. The number of hydrogen-bond donors (Lipinski definition) is 1. The summed E-state index contributed by atoms with van der Waals surface area (Å²) in [4.78, 5) is 0. The molecule has 1 aliphatic heterocycles. The molecule has 18 heavy (non-hydrogen) atoms. The molecule has 3 nitrogen and oxygen atoms in total. The summed E-state index contributed by atoms with van der Waals surface area (Å²) in [5.41, 5.74) is 6.82. The molecule has 2 N–H and O–H groups in total. The van der Waals surface area contributed by atoms with Crippen molar-refractivity contribution in [3.05, 3.63) is 29.8 Å². The Balaban J connectivity index is 1.93. The summed E-state index contributed by atoms with van der Waals surface area (Å²) in [6.45, 7) is 2.36. The molecule has 1 unspecified atom stereocenters. The summed E-state index contributed by atoms with van der Waals surface area (Å²) in [7, 11) is 0. The van der Waals surface area contributed by atoms with E-state index >= 15 is 0 Å². The second kappa shape index (κ2) is 7.39. The molecule has 0 saturated carbocycles. The van der Waals surface area contributed by atoms with E-state index in [4.69, 9.17) is 15.2 Å². The SMILES string of the molecule is NCCCCc1ccccc1OC1CCCOC1. The molecule has 0 bridgehead atoms. The normalized spacial score (nSPS) is 19.7. The Morgan fingerprint density at radius 3 is 2.94 bits per heavy atom. The lowest BCUT2D eigenvalue weighted by Gasteiger charge is -2.24. The molecule has 1 heterocycles. The molecule has 1 aromatic carbocycles. The average molecular weight is 249 g/mol. The number of hydrogen-bond acceptors (Lipinski definition) is 3. The molecule has 1 fully saturated rings. The lowest BCUT2D eigenvalue weighted by molar-refractivity contribution is 0.00703. The quantitative estimate of drug-likeness (QED) is 0.788. The molecule has 0 radical (unpaired) electrons. The van der Waals surface area contributed by atoms with Crippen LogP contribution in [-0.4, -0.2) is 25.9 Å². The van der Waals surface area contributed by atoms with Crippen LogP contribution < -0.4 is 10.5 Å². The fourth-order valence-corrected chi connectivity index (χ4v) is 2.27. The predicted molar refractivity (Wildman–Crippen MR) is 72.9 cm³/mol. The summed E-state index contributed by atoms with van der Waals surface area (Å²) in [6, 6.07) is 8.31. The van der Waals surface area contributed by atoms with Crippen LogP contribution in [0.5, 0.6) is 5.75 Å². The summed E-state index contributed by atoms with van der Waals surface area (Å²) in [5, 5.41) is 0. The van der Waals surface area contributed by atoms with Gasteiger partial charge in [-0.3, -0.25) is 0 Å². The molecule has 2 rings (SSSR count). The number of rotatable bonds is 6. The zero-order valence-corrected chi connectivity index (χ0v) is 10.9. The molecule has 0 amide bonds. The van der Waals surface area contributed by atoms with E-state index in [0.717, 1.165) is 57.6 Å². The second-order valence-electron chi connectivity index (χ2n) is 4.81. The number of benzene rings is 1. The standard InChI is InChI=1S/C15H23NO2/c16-10-4-3-7-13-6-1-2-9-15(13)18-14-8-5-11-17-12-14/h1-2,6,9,14H,3-5,7-8,10-12,16H2. The van der Waals surface area contributed by atoms with Crippen LogP contribution in [0.1, 0.15) is 31.2 Å². The third-order valence-electron chi connectivity index (χ3n) is 3.29. The van der Waals surface area contributed by atoms with Gasteiger partial charge in [-0.05, 0) is 50.3 Å². The van der Waals surface area contributed by atoms with Gasteiger partial charge in [0.1, 0.15) is 11.9 Å². The molecule has 0 spiro atoms. The lowest BCUT2D eigenvalue weighted by Crippen LogP contribution is -2.28. The van der Waals surface area contributed by atoms with Crippen LogP contribution in [0.4, 0.5) is 0 Å².